The molecule has 0 spiro atoms. The van der Waals surface area contributed by atoms with Gasteiger partial charge < -0.3 is 19.2 Å². The summed E-state index contributed by atoms with van der Waals surface area (Å²) < 4.78 is 10.5. The average molecular weight is 386 g/mol. The Morgan fingerprint density at radius 3 is 2.56 bits per heavy atom. The van der Waals surface area contributed by atoms with Crippen molar-refractivity contribution < 1.29 is 28.7 Å². The Labute approximate surface area is 152 Å². The molecule has 2 aliphatic rings. The van der Waals surface area contributed by atoms with Gasteiger partial charge >= 0.3 is 11.9 Å². The van der Waals surface area contributed by atoms with Gasteiger partial charge in [-0.2, -0.15) is 0 Å². The number of ether oxygens (including phenoxy) is 1. The van der Waals surface area contributed by atoms with Gasteiger partial charge in [0.05, 0.1) is 25.2 Å². The highest BCUT2D eigenvalue weighted by Crippen LogP contribution is 2.47. The summed E-state index contributed by atoms with van der Waals surface area (Å²) in [6.07, 6.45) is 1.43. The summed E-state index contributed by atoms with van der Waals surface area (Å²) in [5.41, 5.74) is 0.00553. The topological polar surface area (TPSA) is 93.1 Å². The molecular formula is C16H23NO6SSi. The zero-order valence-corrected chi connectivity index (χ0v) is 16.8. The first kappa shape index (κ1) is 19.7. The number of carboxylic acids is 1. The predicted molar refractivity (Wildman–Crippen MR) is 96.0 cm³/mol. The Morgan fingerprint density at radius 1 is 1.40 bits per heavy atom. The maximum atomic E-state index is 12.5. The highest BCUT2D eigenvalue weighted by molar-refractivity contribution is 8.05. The number of rotatable bonds is 7. The maximum absolute atomic E-state index is 12.5. The minimum atomic E-state index is -1.80. The van der Waals surface area contributed by atoms with Crippen LogP contribution in [0.4, 0.5) is 0 Å². The third-order valence-electron chi connectivity index (χ3n) is 4.03. The molecule has 2 heterocycles. The molecular weight excluding hydrogens is 362 g/mol. The van der Waals surface area contributed by atoms with Gasteiger partial charge in [0.25, 0.3) is 0 Å². The minimum absolute atomic E-state index is 0.00553. The third-order valence-corrected chi connectivity index (χ3v) is 6.03. The normalized spacial score (nSPS) is 24.4. The van der Waals surface area contributed by atoms with E-state index in [4.69, 9.17) is 4.43 Å². The van der Waals surface area contributed by atoms with Crippen molar-refractivity contribution in [2.24, 2.45) is 5.92 Å². The quantitative estimate of drug-likeness (QED) is 0.311. The lowest BCUT2D eigenvalue weighted by Crippen LogP contribution is -2.63. The average Bonchev–Trinajstić information content (AvgIpc) is 2.79. The largest absolute Gasteiger partial charge is 0.477 e. The molecule has 0 aliphatic carbocycles. The van der Waals surface area contributed by atoms with E-state index in [1.165, 1.54) is 23.5 Å². The van der Waals surface area contributed by atoms with Gasteiger partial charge in [-0.25, -0.2) is 9.59 Å². The molecule has 0 aromatic carbocycles. The summed E-state index contributed by atoms with van der Waals surface area (Å²) in [5, 5.41) is 11.0. The molecule has 138 valence electrons. The van der Waals surface area contributed by atoms with Crippen LogP contribution in [0.25, 0.3) is 0 Å². The number of carbonyl (C=O) groups is 3. The van der Waals surface area contributed by atoms with Crippen LogP contribution in [0.3, 0.4) is 0 Å². The van der Waals surface area contributed by atoms with Gasteiger partial charge in [0.1, 0.15) is 5.70 Å². The smallest absolute Gasteiger partial charge is 0.353 e. The fraction of sp³-hybridized carbons (Fsp3) is 0.562. The number of aliphatic carboxylic acids is 1. The Balaban J connectivity index is 2.14. The van der Waals surface area contributed by atoms with Crippen LogP contribution in [0.15, 0.2) is 22.1 Å². The fourth-order valence-corrected chi connectivity index (χ4v) is 5.36. The van der Waals surface area contributed by atoms with Crippen LogP contribution in [0, 0.1) is 5.92 Å². The van der Waals surface area contributed by atoms with E-state index >= 15 is 0 Å². The molecule has 0 aromatic rings. The van der Waals surface area contributed by atoms with E-state index in [0.29, 0.717) is 11.3 Å². The number of esters is 1. The number of thioether (sulfide) groups is 1. The molecule has 9 heteroatoms. The second-order valence-electron chi connectivity index (χ2n) is 6.96. The number of hydrogen-bond donors (Lipinski definition) is 1. The summed E-state index contributed by atoms with van der Waals surface area (Å²) in [7, 11) is -0.533. The van der Waals surface area contributed by atoms with Gasteiger partial charge in [-0.15, -0.1) is 0 Å². The van der Waals surface area contributed by atoms with E-state index < -0.39 is 20.3 Å². The van der Waals surface area contributed by atoms with Gasteiger partial charge in [0.15, 0.2) is 8.32 Å². The first-order chi connectivity index (χ1) is 11.6. The van der Waals surface area contributed by atoms with Crippen molar-refractivity contribution in [1.29, 1.82) is 0 Å². The van der Waals surface area contributed by atoms with Crippen molar-refractivity contribution in [3.05, 3.63) is 22.1 Å². The van der Waals surface area contributed by atoms with Crippen LogP contribution >= 0.6 is 11.8 Å². The highest BCUT2D eigenvalue weighted by atomic mass is 32.2. The number of carbonyl (C=O) groups excluding carboxylic acids is 2. The van der Waals surface area contributed by atoms with E-state index in [0.717, 1.165) is 11.8 Å². The van der Waals surface area contributed by atoms with Crippen LogP contribution < -0.4 is 0 Å². The molecule has 0 unspecified atom stereocenters. The number of β-lactam (4-membered cyclic amide) rings is 1. The number of hydrogen-bond acceptors (Lipinski definition) is 6. The number of carboxylic acid groups (broad SMARTS) is 1. The Kier molecular flexibility index (Phi) is 5.80. The van der Waals surface area contributed by atoms with Crippen LogP contribution in [0.2, 0.25) is 19.6 Å². The molecule has 1 N–H and O–H groups in total. The maximum Gasteiger partial charge on any atom is 0.353 e. The zero-order chi connectivity index (χ0) is 18.9. The van der Waals surface area contributed by atoms with Crippen LogP contribution in [0.5, 0.6) is 0 Å². The lowest BCUT2D eigenvalue weighted by atomic mass is 9.83. The minimum Gasteiger partial charge on any atom is -0.477 e. The lowest BCUT2D eigenvalue weighted by molar-refractivity contribution is -0.160. The summed E-state index contributed by atoms with van der Waals surface area (Å²) >= 11 is 1.13. The van der Waals surface area contributed by atoms with Crippen LogP contribution in [0.1, 0.15) is 13.3 Å². The molecule has 1 saturated heterocycles. The molecule has 2 aliphatic heterocycles. The molecule has 3 atom stereocenters. The van der Waals surface area contributed by atoms with Crippen molar-refractivity contribution in [1.82, 2.24) is 4.90 Å². The van der Waals surface area contributed by atoms with E-state index in [2.05, 4.69) is 24.4 Å². The molecule has 0 radical (unpaired) electrons. The molecule has 7 nitrogen and oxygen atoms in total. The molecule has 1 fully saturated rings. The van der Waals surface area contributed by atoms with E-state index in [-0.39, 0.29) is 29.7 Å². The predicted octanol–water partition coefficient (Wildman–Crippen LogP) is 2.17. The lowest BCUT2D eigenvalue weighted by Gasteiger charge is -2.46. The van der Waals surface area contributed by atoms with Crippen LogP contribution in [-0.4, -0.2) is 55.4 Å². The van der Waals surface area contributed by atoms with Crippen molar-refractivity contribution >= 4 is 37.9 Å². The Bertz CT molecular complexity index is 654. The second kappa shape index (κ2) is 7.34. The van der Waals surface area contributed by atoms with Gasteiger partial charge in [-0.3, -0.25) is 4.79 Å². The van der Waals surface area contributed by atoms with Crippen LogP contribution in [-0.2, 0) is 23.5 Å². The molecule has 0 saturated carbocycles. The summed E-state index contributed by atoms with van der Waals surface area (Å²) in [6.45, 7) is 8.04. The van der Waals surface area contributed by atoms with Crippen molar-refractivity contribution in [2.75, 3.05) is 7.11 Å². The second-order valence-corrected chi connectivity index (χ2v) is 12.4. The van der Waals surface area contributed by atoms with E-state index in [9.17, 15) is 19.5 Å². The molecule has 1 amide bonds. The number of methoxy groups -OCH3 is 1. The Hall–Kier alpha value is -1.58. The summed E-state index contributed by atoms with van der Waals surface area (Å²) in [6, 6.07) is -0.195. The molecule has 2 rings (SSSR count). The van der Waals surface area contributed by atoms with Gasteiger partial charge in [-0.05, 0) is 32.0 Å². The van der Waals surface area contributed by atoms with E-state index in [1.54, 1.807) is 0 Å². The molecule has 0 aromatic heterocycles. The third kappa shape index (κ3) is 4.16. The fourth-order valence-electron chi connectivity index (χ4n) is 3.19. The molecule has 0 bridgehead atoms. The molecule has 25 heavy (non-hydrogen) atoms. The monoisotopic (exact) mass is 385 g/mol. The SMILES string of the molecule is COC(=O)C=CSC1=C(C(=O)O)N2C(=O)[C@H]([C@@H](C)O[Si](C)(C)C)[C@H]2C1. The van der Waals surface area contributed by atoms with Gasteiger partial charge in [0.2, 0.25) is 5.91 Å². The number of amides is 1. The summed E-state index contributed by atoms with van der Waals surface area (Å²) in [4.78, 5) is 37.2. The zero-order valence-electron chi connectivity index (χ0n) is 14.9. The standard InChI is InChI=1S/C16H23NO6SSi/c1-9(23-25(3,4)5)13-10-8-11(24-7-6-12(18)22-2)14(16(20)21)17(10)15(13)19/h6-7,9-10,13H,8H2,1-5H3,(H,20,21)/t9-,10-,13-/m1/s1. The van der Waals surface area contributed by atoms with Crippen molar-refractivity contribution in [3.8, 4) is 0 Å². The van der Waals surface area contributed by atoms with Crippen molar-refractivity contribution in [2.45, 2.75) is 45.1 Å². The first-order valence-corrected chi connectivity index (χ1v) is 12.2. The first-order valence-electron chi connectivity index (χ1n) is 7.95. The van der Waals surface area contributed by atoms with Gasteiger partial charge in [-0.1, -0.05) is 11.8 Å². The van der Waals surface area contributed by atoms with Gasteiger partial charge in [0, 0.05) is 17.4 Å². The summed E-state index contributed by atoms with van der Waals surface area (Å²) in [5.74, 6) is -2.19. The number of fused-ring (bicyclic) bond motifs is 1. The van der Waals surface area contributed by atoms with E-state index in [1.807, 2.05) is 6.92 Å². The highest BCUT2D eigenvalue weighted by Gasteiger charge is 2.57. The van der Waals surface area contributed by atoms with Crippen molar-refractivity contribution in [3.63, 3.8) is 0 Å². The number of nitrogens with zero attached hydrogens (tertiary/aromatic N) is 1. The Morgan fingerprint density at radius 2 is 2.04 bits per heavy atom.